The molecule has 0 unspecified atom stereocenters. The van der Waals surface area contributed by atoms with Crippen molar-refractivity contribution in [2.45, 2.75) is 19.3 Å². The SMILES string of the molecule is CCOC(=O)Nc1ccc2c(c1)NC(=O)C[C@H]2c1cccc(-n2cccn2)c1. The van der Waals surface area contributed by atoms with Gasteiger partial charge in [0.05, 0.1) is 12.3 Å². The van der Waals surface area contributed by atoms with E-state index in [2.05, 4.69) is 15.7 Å². The van der Waals surface area contributed by atoms with Crippen LogP contribution in [0.25, 0.3) is 5.69 Å². The maximum absolute atomic E-state index is 12.3. The molecule has 7 heteroatoms. The number of aromatic nitrogens is 2. The molecule has 3 aromatic rings. The molecule has 7 nitrogen and oxygen atoms in total. The van der Waals surface area contributed by atoms with Crippen molar-refractivity contribution >= 4 is 23.4 Å². The summed E-state index contributed by atoms with van der Waals surface area (Å²) in [5.41, 5.74) is 4.25. The monoisotopic (exact) mass is 376 g/mol. The minimum atomic E-state index is -0.520. The topological polar surface area (TPSA) is 85.3 Å². The average Bonchev–Trinajstić information content (AvgIpc) is 3.22. The van der Waals surface area contributed by atoms with Crippen molar-refractivity contribution < 1.29 is 14.3 Å². The first-order valence-corrected chi connectivity index (χ1v) is 9.11. The Balaban J connectivity index is 1.66. The summed E-state index contributed by atoms with van der Waals surface area (Å²) in [4.78, 5) is 24.0. The van der Waals surface area contributed by atoms with Crippen LogP contribution in [0.2, 0.25) is 0 Å². The van der Waals surface area contributed by atoms with Crippen molar-refractivity contribution in [2.24, 2.45) is 0 Å². The van der Waals surface area contributed by atoms with E-state index in [9.17, 15) is 9.59 Å². The zero-order valence-electron chi connectivity index (χ0n) is 15.4. The first-order chi connectivity index (χ1) is 13.6. The van der Waals surface area contributed by atoms with Gasteiger partial charge in [-0.05, 0) is 48.4 Å². The van der Waals surface area contributed by atoms with Crippen molar-refractivity contribution in [1.82, 2.24) is 9.78 Å². The van der Waals surface area contributed by atoms with Gasteiger partial charge in [-0.1, -0.05) is 18.2 Å². The van der Waals surface area contributed by atoms with Gasteiger partial charge in [-0.15, -0.1) is 0 Å². The Kier molecular flexibility index (Phi) is 4.80. The number of fused-ring (bicyclic) bond motifs is 1. The minimum absolute atomic E-state index is 0.0599. The van der Waals surface area contributed by atoms with Crippen molar-refractivity contribution in [3.63, 3.8) is 0 Å². The molecule has 0 radical (unpaired) electrons. The summed E-state index contributed by atoms with van der Waals surface area (Å²) in [6.07, 6.45) is 3.45. The van der Waals surface area contributed by atoms with Crippen molar-refractivity contribution in [3.8, 4) is 5.69 Å². The first-order valence-electron chi connectivity index (χ1n) is 9.11. The number of amides is 2. The number of carbonyl (C=O) groups excluding carboxylic acids is 2. The molecule has 2 aromatic carbocycles. The number of nitrogens with zero attached hydrogens (tertiary/aromatic N) is 2. The van der Waals surface area contributed by atoms with Gasteiger partial charge in [-0.3, -0.25) is 10.1 Å². The lowest BCUT2D eigenvalue weighted by molar-refractivity contribution is -0.116. The quantitative estimate of drug-likeness (QED) is 0.723. The van der Waals surface area contributed by atoms with Crippen molar-refractivity contribution in [3.05, 3.63) is 72.1 Å². The van der Waals surface area contributed by atoms with Crippen LogP contribution >= 0.6 is 0 Å². The highest BCUT2D eigenvalue weighted by Crippen LogP contribution is 2.38. The smallest absolute Gasteiger partial charge is 0.411 e. The van der Waals surface area contributed by atoms with E-state index in [-0.39, 0.29) is 11.8 Å². The number of ether oxygens (including phenoxy) is 1. The number of hydrogen-bond acceptors (Lipinski definition) is 4. The number of hydrogen-bond donors (Lipinski definition) is 2. The molecule has 0 aliphatic carbocycles. The second kappa shape index (κ2) is 7.56. The van der Waals surface area contributed by atoms with E-state index in [0.717, 1.165) is 16.8 Å². The fraction of sp³-hybridized carbons (Fsp3) is 0.190. The number of benzene rings is 2. The number of carbonyl (C=O) groups is 2. The normalized spacial score (nSPS) is 15.5. The maximum Gasteiger partial charge on any atom is 0.411 e. The lowest BCUT2D eigenvalue weighted by atomic mass is 9.84. The minimum Gasteiger partial charge on any atom is -0.450 e. The van der Waals surface area contributed by atoms with Gasteiger partial charge in [0, 0.05) is 36.1 Å². The zero-order valence-corrected chi connectivity index (χ0v) is 15.4. The Labute approximate surface area is 162 Å². The van der Waals surface area contributed by atoms with E-state index >= 15 is 0 Å². The van der Waals surface area contributed by atoms with E-state index in [4.69, 9.17) is 4.74 Å². The van der Waals surface area contributed by atoms with Crippen LogP contribution in [0.15, 0.2) is 60.9 Å². The van der Waals surface area contributed by atoms with Crippen LogP contribution in [-0.4, -0.2) is 28.4 Å². The van der Waals surface area contributed by atoms with E-state index in [1.807, 2.05) is 48.7 Å². The largest absolute Gasteiger partial charge is 0.450 e. The van der Waals surface area contributed by atoms with E-state index in [1.165, 1.54) is 0 Å². The van der Waals surface area contributed by atoms with Gasteiger partial charge in [0.25, 0.3) is 0 Å². The molecule has 0 saturated heterocycles. The summed E-state index contributed by atoms with van der Waals surface area (Å²) in [6.45, 7) is 2.04. The summed E-state index contributed by atoms with van der Waals surface area (Å²) >= 11 is 0. The predicted octanol–water partition coefficient (Wildman–Crippen LogP) is 3.91. The van der Waals surface area contributed by atoms with Crippen LogP contribution in [0, 0.1) is 0 Å². The highest BCUT2D eigenvalue weighted by Gasteiger charge is 2.27. The lowest BCUT2D eigenvalue weighted by Gasteiger charge is -2.27. The molecule has 1 aliphatic rings. The highest BCUT2D eigenvalue weighted by molar-refractivity contribution is 5.97. The molecule has 1 aliphatic heterocycles. The number of nitrogens with one attached hydrogen (secondary N) is 2. The summed E-state index contributed by atoms with van der Waals surface area (Å²) in [5.74, 6) is -0.133. The van der Waals surface area contributed by atoms with Gasteiger partial charge in [-0.2, -0.15) is 5.10 Å². The Morgan fingerprint density at radius 2 is 2.18 bits per heavy atom. The van der Waals surface area contributed by atoms with Crippen molar-refractivity contribution in [1.29, 1.82) is 0 Å². The van der Waals surface area contributed by atoms with Crippen LogP contribution in [0.5, 0.6) is 0 Å². The molecule has 0 fully saturated rings. The molecular weight excluding hydrogens is 356 g/mol. The molecule has 2 N–H and O–H groups in total. The van der Waals surface area contributed by atoms with Gasteiger partial charge >= 0.3 is 6.09 Å². The molecule has 1 aromatic heterocycles. The molecule has 0 saturated carbocycles. The maximum atomic E-state index is 12.3. The Morgan fingerprint density at radius 3 is 2.96 bits per heavy atom. The fourth-order valence-electron chi connectivity index (χ4n) is 3.43. The standard InChI is InChI=1S/C21H20N4O3/c1-2-28-21(27)23-15-7-8-17-18(13-20(26)24-19(17)12-15)14-5-3-6-16(11-14)25-10-4-9-22-25/h3-12,18H,2,13H2,1H3,(H,23,27)(H,24,26)/t18-/m0/s1. The van der Waals surface area contributed by atoms with Crippen LogP contribution in [0.1, 0.15) is 30.4 Å². The third-order valence-electron chi connectivity index (χ3n) is 4.66. The molecular formula is C21H20N4O3. The van der Waals surface area contributed by atoms with Crippen LogP contribution in [0.3, 0.4) is 0 Å². The Morgan fingerprint density at radius 1 is 1.29 bits per heavy atom. The molecule has 4 rings (SSSR count). The molecule has 142 valence electrons. The molecule has 0 bridgehead atoms. The molecule has 1 atom stereocenters. The lowest BCUT2D eigenvalue weighted by Crippen LogP contribution is -2.24. The molecule has 2 heterocycles. The summed E-state index contributed by atoms with van der Waals surface area (Å²) in [5, 5.41) is 9.84. The molecule has 0 spiro atoms. The second-order valence-electron chi connectivity index (χ2n) is 6.50. The Bertz CT molecular complexity index is 1010. The number of anilines is 2. The average molecular weight is 376 g/mol. The van der Waals surface area contributed by atoms with Crippen molar-refractivity contribution in [2.75, 3.05) is 17.2 Å². The third kappa shape index (κ3) is 3.59. The number of rotatable bonds is 4. The first kappa shape index (κ1) is 17.8. The fourth-order valence-corrected chi connectivity index (χ4v) is 3.43. The summed E-state index contributed by atoms with van der Waals surface area (Å²) in [6, 6.07) is 15.4. The molecule has 2 amide bonds. The van der Waals surface area contributed by atoms with Gasteiger partial charge < -0.3 is 10.1 Å². The van der Waals surface area contributed by atoms with E-state index in [0.29, 0.717) is 24.4 Å². The summed E-state index contributed by atoms with van der Waals surface area (Å²) < 4.78 is 6.70. The van der Waals surface area contributed by atoms with Gasteiger partial charge in [0.15, 0.2) is 0 Å². The summed E-state index contributed by atoms with van der Waals surface area (Å²) in [7, 11) is 0. The van der Waals surface area contributed by atoms with E-state index in [1.54, 1.807) is 23.9 Å². The van der Waals surface area contributed by atoms with Crippen LogP contribution in [-0.2, 0) is 9.53 Å². The van der Waals surface area contributed by atoms with Gasteiger partial charge in [0.1, 0.15) is 0 Å². The molecule has 28 heavy (non-hydrogen) atoms. The second-order valence-corrected chi connectivity index (χ2v) is 6.50. The zero-order chi connectivity index (χ0) is 19.5. The van der Waals surface area contributed by atoms with Gasteiger partial charge in [0.2, 0.25) is 5.91 Å². The highest BCUT2D eigenvalue weighted by atomic mass is 16.5. The third-order valence-corrected chi connectivity index (χ3v) is 4.66. The van der Waals surface area contributed by atoms with Gasteiger partial charge in [-0.25, -0.2) is 9.48 Å². The predicted molar refractivity (Wildman–Crippen MR) is 106 cm³/mol. The Hall–Kier alpha value is -3.61. The van der Waals surface area contributed by atoms with Crippen LogP contribution < -0.4 is 10.6 Å². The van der Waals surface area contributed by atoms with Crippen LogP contribution in [0.4, 0.5) is 16.2 Å². The van der Waals surface area contributed by atoms with E-state index < -0.39 is 6.09 Å².